The molecule has 0 unspecified atom stereocenters. The first-order chi connectivity index (χ1) is 13.1. The minimum atomic E-state index is -1.05. The van der Waals surface area contributed by atoms with Gasteiger partial charge in [0.05, 0.1) is 16.2 Å². The maximum atomic E-state index is 14.3. The van der Waals surface area contributed by atoms with Crippen molar-refractivity contribution in [1.29, 1.82) is 0 Å². The van der Waals surface area contributed by atoms with Crippen molar-refractivity contribution in [2.45, 2.75) is 25.7 Å². The Labute approximate surface area is 161 Å². The summed E-state index contributed by atoms with van der Waals surface area (Å²) in [5.41, 5.74) is 1.96. The number of aromatic nitrogens is 1. The summed E-state index contributed by atoms with van der Waals surface area (Å²) in [6, 6.07) is 12.2. The van der Waals surface area contributed by atoms with Crippen molar-refractivity contribution in [2.24, 2.45) is 0 Å². The first-order valence-electron chi connectivity index (χ1n) is 9.15. The average Bonchev–Trinajstić information content (AvgIpc) is 2.81. The molecule has 1 N–H and O–H groups in total. The van der Waals surface area contributed by atoms with Gasteiger partial charge < -0.3 is 14.6 Å². The smallest absolute Gasteiger partial charge is 0.355 e. The molecule has 1 aliphatic rings. The number of carboxylic acid groups (broad SMARTS) is 1. The Morgan fingerprint density at radius 2 is 1.67 bits per heavy atom. The zero-order chi connectivity index (χ0) is 19.0. The predicted molar refractivity (Wildman–Crippen MR) is 106 cm³/mol. The normalized spacial score (nSPS) is 15.1. The van der Waals surface area contributed by atoms with Crippen LogP contribution in [0.3, 0.4) is 0 Å². The molecule has 2 aromatic carbocycles. The highest BCUT2D eigenvalue weighted by molar-refractivity contribution is 6.37. The lowest BCUT2D eigenvalue weighted by molar-refractivity contribution is 0.0689. The Hall–Kier alpha value is -2.53. The second-order valence-corrected chi connectivity index (χ2v) is 7.21. The molecule has 140 valence electrons. The Balaban J connectivity index is 2.10. The van der Waals surface area contributed by atoms with Crippen LogP contribution in [0.25, 0.3) is 16.6 Å². The molecule has 0 atom stereocenters. The Kier molecular flexibility index (Phi) is 4.79. The number of carbonyl (C=O) groups is 1. The summed E-state index contributed by atoms with van der Waals surface area (Å²) < 4.78 is 16.0. The second-order valence-electron chi connectivity index (χ2n) is 6.83. The van der Waals surface area contributed by atoms with Crippen molar-refractivity contribution < 1.29 is 14.3 Å². The quantitative estimate of drug-likeness (QED) is 0.646. The van der Waals surface area contributed by atoms with Crippen molar-refractivity contribution >= 4 is 34.2 Å². The third-order valence-corrected chi connectivity index (χ3v) is 5.51. The minimum Gasteiger partial charge on any atom is -0.476 e. The molecule has 4 nitrogen and oxygen atoms in total. The first-order valence-corrected chi connectivity index (χ1v) is 9.53. The van der Waals surface area contributed by atoms with Gasteiger partial charge in [0.15, 0.2) is 5.69 Å². The van der Waals surface area contributed by atoms with E-state index in [0.717, 1.165) is 38.8 Å². The first kappa shape index (κ1) is 17.9. The molecule has 3 aromatic rings. The molecule has 0 bridgehead atoms. The number of rotatable bonds is 3. The molecule has 1 saturated heterocycles. The molecule has 0 saturated carbocycles. The van der Waals surface area contributed by atoms with Gasteiger partial charge in [0.1, 0.15) is 5.82 Å². The zero-order valence-corrected chi connectivity index (χ0v) is 15.5. The van der Waals surface area contributed by atoms with Crippen LogP contribution >= 0.6 is 11.6 Å². The SMILES string of the molecule is O=C(O)c1c(N2CCCCCC2)c2c(Cl)c(F)ccc2n1-c1ccccc1. The van der Waals surface area contributed by atoms with Crippen LogP contribution < -0.4 is 4.90 Å². The highest BCUT2D eigenvalue weighted by atomic mass is 35.5. The maximum Gasteiger partial charge on any atom is 0.355 e. The van der Waals surface area contributed by atoms with Crippen LogP contribution in [0.2, 0.25) is 5.02 Å². The van der Waals surface area contributed by atoms with Crippen LogP contribution in [0.1, 0.15) is 36.2 Å². The monoisotopic (exact) mass is 386 g/mol. The highest BCUT2D eigenvalue weighted by Crippen LogP contribution is 2.42. The number of anilines is 1. The fourth-order valence-electron chi connectivity index (χ4n) is 3.94. The van der Waals surface area contributed by atoms with E-state index in [0.29, 0.717) is 22.3 Å². The van der Waals surface area contributed by atoms with Gasteiger partial charge in [-0.3, -0.25) is 0 Å². The summed E-state index contributed by atoms with van der Waals surface area (Å²) in [5, 5.41) is 10.5. The third kappa shape index (κ3) is 3.06. The fraction of sp³-hybridized carbons (Fsp3) is 0.286. The molecule has 0 amide bonds. The minimum absolute atomic E-state index is 0.0241. The third-order valence-electron chi connectivity index (χ3n) is 5.14. The van der Waals surface area contributed by atoms with Crippen LogP contribution in [0.15, 0.2) is 42.5 Å². The van der Waals surface area contributed by atoms with E-state index in [1.165, 1.54) is 6.07 Å². The van der Waals surface area contributed by atoms with Crippen LogP contribution in [-0.4, -0.2) is 28.7 Å². The van der Waals surface area contributed by atoms with Crippen molar-refractivity contribution in [2.75, 3.05) is 18.0 Å². The number of hydrogen-bond donors (Lipinski definition) is 1. The molecule has 0 radical (unpaired) electrons. The standard InChI is InChI=1S/C21H20ClFN2O2/c22-18-15(23)10-11-16-17(18)19(24-12-6-1-2-7-13-24)20(21(26)27)25(16)14-8-4-3-5-9-14/h3-5,8-11H,1-2,6-7,12-13H2,(H,26,27). The van der Waals surface area contributed by atoms with Crippen LogP contribution in [-0.2, 0) is 0 Å². The van der Waals surface area contributed by atoms with Crippen LogP contribution in [0, 0.1) is 5.82 Å². The largest absolute Gasteiger partial charge is 0.476 e. The number of fused-ring (bicyclic) bond motifs is 1. The van der Waals surface area contributed by atoms with E-state index < -0.39 is 11.8 Å². The molecule has 0 aliphatic carbocycles. The number of hydrogen-bond acceptors (Lipinski definition) is 2. The van der Waals surface area contributed by atoms with Crippen molar-refractivity contribution in [3.63, 3.8) is 0 Å². The molecular formula is C21H20ClFN2O2. The summed E-state index contributed by atoms with van der Waals surface area (Å²) in [7, 11) is 0. The van der Waals surface area contributed by atoms with Crippen molar-refractivity contribution in [1.82, 2.24) is 4.57 Å². The number of nitrogens with zero attached hydrogens (tertiary/aromatic N) is 2. The zero-order valence-electron chi connectivity index (χ0n) is 14.8. The van der Waals surface area contributed by atoms with E-state index in [1.54, 1.807) is 10.6 Å². The number of halogens is 2. The lowest BCUT2D eigenvalue weighted by atomic mass is 10.2. The van der Waals surface area contributed by atoms with Crippen molar-refractivity contribution in [3.05, 3.63) is 59.0 Å². The van der Waals surface area contributed by atoms with Gasteiger partial charge >= 0.3 is 5.97 Å². The maximum absolute atomic E-state index is 14.3. The second kappa shape index (κ2) is 7.24. The lowest BCUT2D eigenvalue weighted by Gasteiger charge is -2.23. The van der Waals surface area contributed by atoms with Gasteiger partial charge in [-0.1, -0.05) is 42.6 Å². The lowest BCUT2D eigenvalue weighted by Crippen LogP contribution is -2.26. The average molecular weight is 387 g/mol. The van der Waals surface area contributed by atoms with Gasteiger partial charge in [0.25, 0.3) is 0 Å². The predicted octanol–water partition coefficient (Wildman–Crippen LogP) is 5.50. The highest BCUT2D eigenvalue weighted by Gasteiger charge is 2.29. The number of carboxylic acids is 1. The Bertz CT molecular complexity index is 993. The van der Waals surface area contributed by atoms with E-state index in [2.05, 4.69) is 4.90 Å². The van der Waals surface area contributed by atoms with E-state index in [9.17, 15) is 14.3 Å². The fourth-order valence-corrected chi connectivity index (χ4v) is 4.19. The van der Waals surface area contributed by atoms with E-state index in [1.807, 2.05) is 30.3 Å². The Morgan fingerprint density at radius 1 is 1.00 bits per heavy atom. The molecule has 6 heteroatoms. The van der Waals surface area contributed by atoms with Gasteiger partial charge in [0.2, 0.25) is 0 Å². The summed E-state index contributed by atoms with van der Waals surface area (Å²) in [6.45, 7) is 1.47. The molecular weight excluding hydrogens is 367 g/mol. The van der Waals surface area contributed by atoms with Crippen LogP contribution in [0.4, 0.5) is 10.1 Å². The molecule has 27 heavy (non-hydrogen) atoms. The summed E-state index contributed by atoms with van der Waals surface area (Å²) in [4.78, 5) is 14.4. The molecule has 1 aromatic heterocycles. The molecule has 0 spiro atoms. The molecule has 1 fully saturated rings. The summed E-state index contributed by atoms with van der Waals surface area (Å²) in [5.74, 6) is -1.59. The van der Waals surface area contributed by atoms with Gasteiger partial charge in [-0.15, -0.1) is 0 Å². The van der Waals surface area contributed by atoms with Crippen molar-refractivity contribution in [3.8, 4) is 5.69 Å². The van der Waals surface area contributed by atoms with Gasteiger partial charge in [-0.25, -0.2) is 9.18 Å². The molecule has 1 aliphatic heterocycles. The molecule has 2 heterocycles. The summed E-state index contributed by atoms with van der Waals surface area (Å²) >= 11 is 6.36. The molecule has 4 rings (SSSR count). The van der Waals surface area contributed by atoms with Gasteiger partial charge in [-0.2, -0.15) is 0 Å². The van der Waals surface area contributed by atoms with E-state index in [4.69, 9.17) is 11.6 Å². The Morgan fingerprint density at radius 3 is 2.30 bits per heavy atom. The van der Waals surface area contributed by atoms with Gasteiger partial charge in [0, 0.05) is 24.2 Å². The number of benzene rings is 2. The van der Waals surface area contributed by atoms with Crippen LogP contribution in [0.5, 0.6) is 0 Å². The summed E-state index contributed by atoms with van der Waals surface area (Å²) in [6.07, 6.45) is 4.17. The van der Waals surface area contributed by atoms with E-state index in [-0.39, 0.29) is 10.7 Å². The number of para-hydroxylation sites is 1. The van der Waals surface area contributed by atoms with Gasteiger partial charge in [-0.05, 0) is 37.1 Å². The number of aromatic carboxylic acids is 1. The topological polar surface area (TPSA) is 45.5 Å². The van der Waals surface area contributed by atoms with E-state index >= 15 is 0 Å².